The molecule has 2 aromatic rings. The molecule has 1 saturated heterocycles. The Morgan fingerprint density at radius 1 is 1.09 bits per heavy atom. The van der Waals surface area contributed by atoms with Gasteiger partial charge in [-0.1, -0.05) is 5.16 Å². The van der Waals surface area contributed by atoms with Gasteiger partial charge < -0.3 is 14.6 Å². The van der Waals surface area contributed by atoms with Gasteiger partial charge >= 0.3 is 0 Å². The smallest absolute Gasteiger partial charge is 0.257 e. The monoisotopic (exact) mass is 299 g/mol. The highest BCUT2D eigenvalue weighted by atomic mass is 16.5. The maximum atomic E-state index is 5.87. The maximum Gasteiger partial charge on any atom is 0.257 e. The van der Waals surface area contributed by atoms with Crippen LogP contribution in [0.15, 0.2) is 28.8 Å². The van der Waals surface area contributed by atoms with Crippen molar-refractivity contribution >= 4 is 0 Å². The molecule has 1 aliphatic heterocycles. The zero-order valence-corrected chi connectivity index (χ0v) is 12.6. The Morgan fingerprint density at radius 3 is 2.64 bits per heavy atom. The highest BCUT2D eigenvalue weighted by Gasteiger charge is 2.21. The lowest BCUT2D eigenvalue weighted by Gasteiger charge is -2.26. The molecule has 0 radical (unpaired) electrons. The van der Waals surface area contributed by atoms with Crippen molar-refractivity contribution in [3.63, 3.8) is 0 Å². The quantitative estimate of drug-likeness (QED) is 0.940. The van der Waals surface area contributed by atoms with E-state index < -0.39 is 0 Å². The molecule has 5 nitrogen and oxygen atoms in total. The van der Waals surface area contributed by atoms with E-state index in [0.717, 1.165) is 36.6 Å². The summed E-state index contributed by atoms with van der Waals surface area (Å²) in [5.41, 5.74) is 0.948. The third kappa shape index (κ3) is 2.86. The highest BCUT2D eigenvalue weighted by molar-refractivity contribution is 5.54. The van der Waals surface area contributed by atoms with E-state index in [2.05, 4.69) is 15.5 Å². The molecule has 0 amide bonds. The Hall–Kier alpha value is -1.88. The van der Waals surface area contributed by atoms with Crippen LogP contribution in [0.4, 0.5) is 0 Å². The fourth-order valence-electron chi connectivity index (χ4n) is 2.95. The molecule has 4 rings (SSSR count). The fraction of sp³-hybridized carbons (Fsp3) is 0.529. The molecule has 5 heteroatoms. The van der Waals surface area contributed by atoms with Crippen LogP contribution in [-0.2, 0) is 0 Å². The van der Waals surface area contributed by atoms with Crippen molar-refractivity contribution in [2.75, 3.05) is 13.1 Å². The van der Waals surface area contributed by atoms with E-state index in [4.69, 9.17) is 9.26 Å². The number of nitrogens with one attached hydrogen (secondary N) is 1. The average Bonchev–Trinajstić information content (AvgIpc) is 3.02. The van der Waals surface area contributed by atoms with Crippen molar-refractivity contribution < 1.29 is 9.26 Å². The molecule has 1 aliphatic carbocycles. The summed E-state index contributed by atoms with van der Waals surface area (Å²) in [4.78, 5) is 4.56. The molecule has 22 heavy (non-hydrogen) atoms. The molecule has 0 spiro atoms. The first-order chi connectivity index (χ1) is 10.9. The van der Waals surface area contributed by atoms with Crippen LogP contribution in [0.5, 0.6) is 5.75 Å². The van der Waals surface area contributed by atoms with Crippen LogP contribution < -0.4 is 10.1 Å². The molecule has 2 heterocycles. The van der Waals surface area contributed by atoms with Gasteiger partial charge in [0.15, 0.2) is 5.82 Å². The van der Waals surface area contributed by atoms with Gasteiger partial charge in [-0.15, -0.1) is 0 Å². The first-order valence-corrected chi connectivity index (χ1v) is 8.20. The van der Waals surface area contributed by atoms with Crippen molar-refractivity contribution in [3.05, 3.63) is 30.1 Å². The van der Waals surface area contributed by atoms with E-state index >= 15 is 0 Å². The minimum atomic E-state index is 0.368. The van der Waals surface area contributed by atoms with Gasteiger partial charge in [0, 0.05) is 18.0 Å². The predicted molar refractivity (Wildman–Crippen MR) is 82.8 cm³/mol. The highest BCUT2D eigenvalue weighted by Crippen LogP contribution is 2.28. The third-order valence-corrected chi connectivity index (χ3v) is 4.56. The minimum Gasteiger partial charge on any atom is -0.490 e. The first kappa shape index (κ1) is 13.8. The van der Waals surface area contributed by atoms with Crippen LogP contribution in [0.2, 0.25) is 0 Å². The zero-order chi connectivity index (χ0) is 14.8. The van der Waals surface area contributed by atoms with E-state index in [0.29, 0.717) is 17.9 Å². The average molecular weight is 299 g/mol. The molecule has 1 saturated carbocycles. The van der Waals surface area contributed by atoms with Crippen LogP contribution in [0.25, 0.3) is 11.5 Å². The van der Waals surface area contributed by atoms with Gasteiger partial charge in [-0.3, -0.25) is 0 Å². The topological polar surface area (TPSA) is 60.2 Å². The Kier molecular flexibility index (Phi) is 3.81. The van der Waals surface area contributed by atoms with Gasteiger partial charge in [-0.25, -0.2) is 0 Å². The van der Waals surface area contributed by atoms with Crippen LogP contribution in [0, 0.1) is 0 Å². The van der Waals surface area contributed by atoms with E-state index in [9.17, 15) is 0 Å². The Labute approximate surface area is 130 Å². The number of ether oxygens (including phenoxy) is 1. The van der Waals surface area contributed by atoms with E-state index in [1.165, 1.54) is 25.7 Å². The normalized spacial score (nSPS) is 22.3. The molecule has 2 fully saturated rings. The van der Waals surface area contributed by atoms with Gasteiger partial charge in [-0.05, 0) is 62.9 Å². The van der Waals surface area contributed by atoms with Gasteiger partial charge in [0.05, 0.1) is 6.10 Å². The Balaban J connectivity index is 1.45. The van der Waals surface area contributed by atoms with Crippen molar-refractivity contribution in [2.24, 2.45) is 0 Å². The summed E-state index contributed by atoms with van der Waals surface area (Å²) in [6.07, 6.45) is 6.32. The largest absolute Gasteiger partial charge is 0.490 e. The molecule has 1 N–H and O–H groups in total. The summed E-state index contributed by atoms with van der Waals surface area (Å²) in [7, 11) is 0. The van der Waals surface area contributed by atoms with E-state index in [1.807, 2.05) is 24.3 Å². The first-order valence-electron chi connectivity index (χ1n) is 8.20. The second-order valence-corrected chi connectivity index (χ2v) is 6.20. The standard InChI is InChI=1S/C17H21N3O2/c1-4-14(5-1)21-15-8-6-12(7-9-15)17-19-16(20-22-17)13-3-2-10-18-11-13/h6-9,13-14,18H,1-5,10-11H2. The summed E-state index contributed by atoms with van der Waals surface area (Å²) in [5.74, 6) is 2.70. The molecule has 2 aliphatic rings. The second kappa shape index (κ2) is 6.08. The van der Waals surface area contributed by atoms with Gasteiger partial charge in [0.25, 0.3) is 5.89 Å². The second-order valence-electron chi connectivity index (χ2n) is 6.20. The van der Waals surface area contributed by atoms with Gasteiger partial charge in [-0.2, -0.15) is 4.98 Å². The number of aromatic nitrogens is 2. The lowest BCUT2D eigenvalue weighted by Crippen LogP contribution is -2.28. The lowest BCUT2D eigenvalue weighted by atomic mass is 9.96. The number of rotatable bonds is 4. The van der Waals surface area contributed by atoms with Crippen molar-refractivity contribution in [3.8, 4) is 17.2 Å². The zero-order valence-electron chi connectivity index (χ0n) is 12.6. The van der Waals surface area contributed by atoms with Crippen molar-refractivity contribution in [1.82, 2.24) is 15.5 Å². The molecule has 1 atom stereocenters. The summed E-state index contributed by atoms with van der Waals surface area (Å²) in [5, 5.41) is 7.53. The summed E-state index contributed by atoms with van der Waals surface area (Å²) in [6, 6.07) is 7.95. The Bertz CT molecular complexity index is 613. The molecule has 0 bridgehead atoms. The van der Waals surface area contributed by atoms with Crippen LogP contribution >= 0.6 is 0 Å². The van der Waals surface area contributed by atoms with Crippen LogP contribution in [0.1, 0.15) is 43.8 Å². The number of benzene rings is 1. The Morgan fingerprint density at radius 2 is 1.95 bits per heavy atom. The lowest BCUT2D eigenvalue weighted by molar-refractivity contribution is 0.120. The third-order valence-electron chi connectivity index (χ3n) is 4.56. The summed E-state index contributed by atoms with van der Waals surface area (Å²) < 4.78 is 11.3. The number of piperidine rings is 1. The molecule has 1 unspecified atom stereocenters. The molecule has 1 aromatic carbocycles. The van der Waals surface area contributed by atoms with Gasteiger partial charge in [0.1, 0.15) is 5.75 Å². The van der Waals surface area contributed by atoms with Crippen LogP contribution in [0.3, 0.4) is 0 Å². The molecule has 1 aromatic heterocycles. The number of nitrogens with zero attached hydrogens (tertiary/aromatic N) is 2. The van der Waals surface area contributed by atoms with Crippen molar-refractivity contribution in [2.45, 2.75) is 44.1 Å². The van der Waals surface area contributed by atoms with Crippen molar-refractivity contribution in [1.29, 1.82) is 0 Å². The minimum absolute atomic E-state index is 0.368. The fourth-order valence-corrected chi connectivity index (χ4v) is 2.95. The summed E-state index contributed by atoms with van der Waals surface area (Å²) >= 11 is 0. The molecule has 116 valence electrons. The van der Waals surface area contributed by atoms with E-state index in [1.54, 1.807) is 0 Å². The SMILES string of the molecule is c1cc(-c2nc(C3CCCNC3)no2)ccc1OC1CCC1. The maximum absolute atomic E-state index is 5.87. The number of hydrogen-bond donors (Lipinski definition) is 1. The summed E-state index contributed by atoms with van der Waals surface area (Å²) in [6.45, 7) is 2.02. The van der Waals surface area contributed by atoms with Crippen LogP contribution in [-0.4, -0.2) is 29.3 Å². The van der Waals surface area contributed by atoms with Gasteiger partial charge in [0.2, 0.25) is 0 Å². The molecular weight excluding hydrogens is 278 g/mol. The number of hydrogen-bond acceptors (Lipinski definition) is 5. The predicted octanol–water partition coefficient (Wildman–Crippen LogP) is 3.13. The molecular formula is C17H21N3O2. The van der Waals surface area contributed by atoms with E-state index in [-0.39, 0.29) is 0 Å².